The van der Waals surface area contributed by atoms with E-state index in [0.717, 1.165) is 16.7 Å². The van der Waals surface area contributed by atoms with Gasteiger partial charge in [-0.3, -0.25) is 19.3 Å². The van der Waals surface area contributed by atoms with Gasteiger partial charge < -0.3 is 14.8 Å². The first-order valence-electron chi connectivity index (χ1n) is 10.8. The number of hydrogen-bond donors (Lipinski definition) is 1. The number of thioether (sulfide) groups is 1. The van der Waals surface area contributed by atoms with Gasteiger partial charge in [-0.15, -0.1) is 0 Å². The largest absolute Gasteiger partial charge is 0.493 e. The van der Waals surface area contributed by atoms with Gasteiger partial charge in [-0.05, 0) is 65.4 Å². The van der Waals surface area contributed by atoms with Gasteiger partial charge in [0.15, 0.2) is 18.1 Å². The highest BCUT2D eigenvalue weighted by molar-refractivity contribution is 8.18. The quantitative estimate of drug-likeness (QED) is 0.321. The molecule has 190 valence electrons. The number of methoxy groups -OCH3 is 1. The molecule has 0 spiro atoms. The molecule has 1 aliphatic rings. The third kappa shape index (κ3) is 6.43. The van der Waals surface area contributed by atoms with E-state index in [4.69, 9.17) is 32.7 Å². The van der Waals surface area contributed by atoms with Crippen LogP contribution in [0.25, 0.3) is 6.08 Å². The highest BCUT2D eigenvalue weighted by Crippen LogP contribution is 2.39. The summed E-state index contributed by atoms with van der Waals surface area (Å²) in [5.41, 5.74) is 1.55. The molecule has 0 saturated carbocycles. The number of rotatable bonds is 8. The summed E-state index contributed by atoms with van der Waals surface area (Å²) in [6, 6.07) is 15.4. The van der Waals surface area contributed by atoms with E-state index >= 15 is 0 Å². The lowest BCUT2D eigenvalue weighted by Crippen LogP contribution is -2.27. The number of amides is 3. The fourth-order valence-electron chi connectivity index (χ4n) is 3.41. The van der Waals surface area contributed by atoms with E-state index in [2.05, 4.69) is 5.32 Å². The molecule has 0 atom stereocenters. The molecule has 3 aromatic rings. The van der Waals surface area contributed by atoms with Crippen molar-refractivity contribution in [3.05, 3.63) is 92.6 Å². The molecule has 1 saturated heterocycles. The molecule has 11 heteroatoms. The van der Waals surface area contributed by atoms with Gasteiger partial charge in [0.1, 0.15) is 5.82 Å². The van der Waals surface area contributed by atoms with Crippen LogP contribution in [0.4, 0.5) is 14.9 Å². The standard InChI is InChI=1S/C26H19Cl2FN2O5S/c1-35-21-11-16(10-19(28)24(21)36-14-23(32)30-20-5-3-2-4-18(20)27)12-22-25(33)31(26(34)37-22)13-15-6-8-17(29)9-7-15/h2-12H,13-14H2,1H3,(H,30,32)/b22-12-. The van der Waals surface area contributed by atoms with Gasteiger partial charge in [0.2, 0.25) is 0 Å². The Labute approximate surface area is 226 Å². The Kier molecular flexibility index (Phi) is 8.38. The molecule has 4 rings (SSSR count). The van der Waals surface area contributed by atoms with E-state index in [0.29, 0.717) is 21.8 Å². The molecule has 0 aliphatic carbocycles. The number of carbonyl (C=O) groups excluding carboxylic acids is 3. The molecule has 1 aliphatic heterocycles. The van der Waals surface area contributed by atoms with Crippen molar-refractivity contribution in [1.29, 1.82) is 0 Å². The average molecular weight is 561 g/mol. The number of benzene rings is 3. The van der Waals surface area contributed by atoms with Crippen molar-refractivity contribution in [2.24, 2.45) is 0 Å². The number of anilines is 1. The first-order valence-corrected chi connectivity index (χ1v) is 12.4. The van der Waals surface area contributed by atoms with Crippen molar-refractivity contribution in [3.63, 3.8) is 0 Å². The first-order chi connectivity index (χ1) is 17.7. The highest BCUT2D eigenvalue weighted by Gasteiger charge is 2.35. The van der Waals surface area contributed by atoms with Crippen LogP contribution in [-0.2, 0) is 16.1 Å². The fraction of sp³-hybridized carbons (Fsp3) is 0.115. The summed E-state index contributed by atoms with van der Waals surface area (Å²) in [6.07, 6.45) is 1.51. The van der Waals surface area contributed by atoms with Gasteiger partial charge >= 0.3 is 0 Å². The van der Waals surface area contributed by atoms with Gasteiger partial charge in [0.25, 0.3) is 17.1 Å². The molecule has 7 nitrogen and oxygen atoms in total. The number of para-hydroxylation sites is 1. The third-order valence-corrected chi connectivity index (χ3v) is 6.69. The molecule has 0 bridgehead atoms. The minimum absolute atomic E-state index is 0.0232. The van der Waals surface area contributed by atoms with Gasteiger partial charge in [-0.25, -0.2) is 4.39 Å². The van der Waals surface area contributed by atoms with Crippen LogP contribution in [0.1, 0.15) is 11.1 Å². The number of carbonyl (C=O) groups is 3. The van der Waals surface area contributed by atoms with Crippen LogP contribution < -0.4 is 14.8 Å². The summed E-state index contributed by atoms with van der Waals surface area (Å²) in [7, 11) is 1.41. The summed E-state index contributed by atoms with van der Waals surface area (Å²) in [5, 5.41) is 2.73. The summed E-state index contributed by atoms with van der Waals surface area (Å²) >= 11 is 13.2. The van der Waals surface area contributed by atoms with Gasteiger partial charge in [0.05, 0.1) is 34.3 Å². The van der Waals surface area contributed by atoms with Crippen molar-refractivity contribution in [2.45, 2.75) is 6.54 Å². The van der Waals surface area contributed by atoms with Crippen LogP contribution in [0.15, 0.2) is 65.6 Å². The molecule has 0 unspecified atom stereocenters. The molecule has 0 aromatic heterocycles. The summed E-state index contributed by atoms with van der Waals surface area (Å²) < 4.78 is 24.1. The Morgan fingerprint density at radius 1 is 1.08 bits per heavy atom. The van der Waals surface area contributed by atoms with Crippen LogP contribution in [0.2, 0.25) is 10.0 Å². The van der Waals surface area contributed by atoms with E-state index in [1.807, 2.05) is 0 Å². The van der Waals surface area contributed by atoms with Crippen LogP contribution in [0.5, 0.6) is 11.5 Å². The number of halogens is 3. The smallest absolute Gasteiger partial charge is 0.293 e. The maximum absolute atomic E-state index is 13.2. The fourth-order valence-corrected chi connectivity index (χ4v) is 4.70. The van der Waals surface area contributed by atoms with Crippen molar-refractivity contribution in [3.8, 4) is 11.5 Å². The van der Waals surface area contributed by atoms with E-state index in [1.165, 1.54) is 43.5 Å². The van der Waals surface area contributed by atoms with Crippen molar-refractivity contribution >= 4 is 63.8 Å². The Hall–Kier alpha value is -3.53. The van der Waals surface area contributed by atoms with Gasteiger partial charge in [0, 0.05) is 0 Å². The van der Waals surface area contributed by atoms with Gasteiger partial charge in [-0.1, -0.05) is 47.5 Å². The normalized spacial score (nSPS) is 14.3. The number of nitrogens with zero attached hydrogens (tertiary/aromatic N) is 1. The molecule has 3 aromatic carbocycles. The maximum Gasteiger partial charge on any atom is 0.293 e. The monoisotopic (exact) mass is 560 g/mol. The van der Waals surface area contributed by atoms with Crippen LogP contribution >= 0.6 is 35.0 Å². The van der Waals surface area contributed by atoms with E-state index in [1.54, 1.807) is 30.3 Å². The first kappa shape index (κ1) is 26.5. The second kappa shape index (κ2) is 11.7. The minimum atomic E-state index is -0.481. The zero-order valence-corrected chi connectivity index (χ0v) is 21.6. The van der Waals surface area contributed by atoms with Crippen LogP contribution in [0, 0.1) is 5.82 Å². The molecular formula is C26H19Cl2FN2O5S. The number of imide groups is 1. The Bertz CT molecular complexity index is 1400. The highest BCUT2D eigenvalue weighted by atomic mass is 35.5. The van der Waals surface area contributed by atoms with Crippen molar-refractivity contribution in [1.82, 2.24) is 4.90 Å². The van der Waals surface area contributed by atoms with Crippen LogP contribution in [-0.4, -0.2) is 35.7 Å². The van der Waals surface area contributed by atoms with Crippen molar-refractivity contribution in [2.75, 3.05) is 19.0 Å². The SMILES string of the molecule is COc1cc(/C=C2\SC(=O)N(Cc3ccc(F)cc3)C2=O)cc(Cl)c1OCC(=O)Nc1ccccc1Cl. The minimum Gasteiger partial charge on any atom is -0.493 e. The third-order valence-electron chi connectivity index (χ3n) is 5.17. The summed E-state index contributed by atoms with van der Waals surface area (Å²) in [5.74, 6) is -0.969. The number of nitrogens with one attached hydrogen (secondary N) is 1. The average Bonchev–Trinajstić information content (AvgIpc) is 3.13. The molecule has 1 N–H and O–H groups in total. The van der Waals surface area contributed by atoms with E-state index in [-0.39, 0.29) is 34.6 Å². The zero-order valence-electron chi connectivity index (χ0n) is 19.3. The maximum atomic E-state index is 13.2. The second-order valence-corrected chi connectivity index (χ2v) is 9.55. The lowest BCUT2D eigenvalue weighted by atomic mass is 10.1. The Balaban J connectivity index is 1.47. The molecule has 1 heterocycles. The van der Waals surface area contributed by atoms with E-state index in [9.17, 15) is 18.8 Å². The Morgan fingerprint density at radius 3 is 2.51 bits per heavy atom. The van der Waals surface area contributed by atoms with Crippen molar-refractivity contribution < 1.29 is 28.2 Å². The molecule has 1 fully saturated rings. The lowest BCUT2D eigenvalue weighted by Gasteiger charge is -2.14. The zero-order chi connectivity index (χ0) is 26.5. The lowest BCUT2D eigenvalue weighted by molar-refractivity contribution is -0.123. The van der Waals surface area contributed by atoms with Crippen LogP contribution in [0.3, 0.4) is 0 Å². The van der Waals surface area contributed by atoms with Gasteiger partial charge in [-0.2, -0.15) is 0 Å². The topological polar surface area (TPSA) is 84.9 Å². The molecular weight excluding hydrogens is 542 g/mol. The van der Waals surface area contributed by atoms with E-state index < -0.39 is 22.9 Å². The molecule has 3 amide bonds. The second-order valence-electron chi connectivity index (χ2n) is 7.75. The number of ether oxygens (including phenoxy) is 2. The predicted octanol–water partition coefficient (Wildman–Crippen LogP) is 6.40. The molecule has 37 heavy (non-hydrogen) atoms. The summed E-state index contributed by atoms with van der Waals surface area (Å²) in [6.45, 7) is -0.335. The predicted molar refractivity (Wildman–Crippen MR) is 141 cm³/mol. The summed E-state index contributed by atoms with van der Waals surface area (Å²) in [4.78, 5) is 38.9. The molecule has 0 radical (unpaired) electrons. The number of hydrogen-bond acceptors (Lipinski definition) is 6. The Morgan fingerprint density at radius 2 is 1.81 bits per heavy atom.